The molecule has 3 rings (SSSR count). The normalized spacial score (nSPS) is 23.2. The summed E-state index contributed by atoms with van der Waals surface area (Å²) in [6.07, 6.45) is 8.77. The second-order valence-corrected chi connectivity index (χ2v) is 7.49. The van der Waals surface area contributed by atoms with Crippen LogP contribution in [0.3, 0.4) is 0 Å². The Labute approximate surface area is 150 Å². The van der Waals surface area contributed by atoms with E-state index >= 15 is 0 Å². The largest absolute Gasteiger partial charge is 0.378 e. The first-order valence-corrected chi connectivity index (χ1v) is 9.34. The Morgan fingerprint density at radius 3 is 2.72 bits per heavy atom. The van der Waals surface area contributed by atoms with E-state index in [9.17, 15) is 4.79 Å². The number of hydrogen-bond donors (Lipinski definition) is 1. The molecule has 2 aliphatic heterocycles. The maximum atomic E-state index is 12.5. The van der Waals surface area contributed by atoms with Gasteiger partial charge in [-0.2, -0.15) is 5.10 Å². The average Bonchev–Trinajstić information content (AvgIpc) is 3.27. The quantitative estimate of drug-likeness (QED) is 0.877. The molecule has 2 unspecified atom stereocenters. The van der Waals surface area contributed by atoms with Crippen LogP contribution in [0.15, 0.2) is 12.4 Å². The third-order valence-corrected chi connectivity index (χ3v) is 5.50. The summed E-state index contributed by atoms with van der Waals surface area (Å²) in [5.74, 6) is 0.622. The number of aryl methyl sites for hydroxylation is 1. The van der Waals surface area contributed by atoms with Crippen LogP contribution in [0.5, 0.6) is 0 Å². The minimum Gasteiger partial charge on any atom is -0.378 e. The number of hydrogen-bond acceptors (Lipinski definition) is 4. The lowest BCUT2D eigenvalue weighted by Gasteiger charge is -2.35. The molecular formula is C18H31N5O2. The van der Waals surface area contributed by atoms with Crippen molar-refractivity contribution in [3.05, 3.63) is 18.0 Å². The number of carbonyl (C=O) groups excluding carboxylic acids is 1. The van der Waals surface area contributed by atoms with E-state index < -0.39 is 0 Å². The number of ether oxygens (including phenoxy) is 1. The van der Waals surface area contributed by atoms with Gasteiger partial charge in [-0.3, -0.25) is 4.68 Å². The number of urea groups is 1. The van der Waals surface area contributed by atoms with Gasteiger partial charge in [0.15, 0.2) is 0 Å². The lowest BCUT2D eigenvalue weighted by Crippen LogP contribution is -2.47. The monoisotopic (exact) mass is 349 g/mol. The molecule has 1 N–H and O–H groups in total. The molecule has 2 aliphatic rings. The molecule has 0 aliphatic carbocycles. The topological polar surface area (TPSA) is 62.6 Å². The van der Waals surface area contributed by atoms with Gasteiger partial charge in [0.05, 0.1) is 18.3 Å². The van der Waals surface area contributed by atoms with E-state index in [1.165, 1.54) is 12.8 Å². The summed E-state index contributed by atoms with van der Waals surface area (Å²) in [4.78, 5) is 16.6. The highest BCUT2D eigenvalue weighted by atomic mass is 16.5. The maximum absolute atomic E-state index is 12.5. The van der Waals surface area contributed by atoms with Gasteiger partial charge in [0, 0.05) is 45.0 Å². The first kappa shape index (κ1) is 18.2. The molecule has 0 spiro atoms. The molecule has 0 aromatic carbocycles. The van der Waals surface area contributed by atoms with Crippen LogP contribution in [0, 0.1) is 5.92 Å². The summed E-state index contributed by atoms with van der Waals surface area (Å²) in [5.41, 5.74) is 1.12. The fraction of sp³-hybridized carbons (Fsp3) is 0.778. The molecule has 3 heterocycles. The second-order valence-electron chi connectivity index (χ2n) is 7.49. The number of likely N-dealkylation sites (N-methyl/N-ethyl adjacent to an activating group) is 1. The van der Waals surface area contributed by atoms with Gasteiger partial charge in [0.25, 0.3) is 0 Å². The van der Waals surface area contributed by atoms with Gasteiger partial charge in [0.1, 0.15) is 0 Å². The molecule has 1 aromatic rings. The number of nitrogens with one attached hydrogen (secondary N) is 1. The van der Waals surface area contributed by atoms with Crippen molar-refractivity contribution in [2.75, 3.05) is 40.3 Å². The Balaban J connectivity index is 1.47. The third kappa shape index (κ3) is 4.52. The average molecular weight is 349 g/mol. The van der Waals surface area contributed by atoms with Crippen molar-refractivity contribution in [2.45, 2.75) is 37.8 Å². The Morgan fingerprint density at radius 2 is 2.16 bits per heavy atom. The third-order valence-electron chi connectivity index (χ3n) is 5.50. The zero-order chi connectivity index (χ0) is 17.8. The molecule has 25 heavy (non-hydrogen) atoms. The van der Waals surface area contributed by atoms with E-state index in [2.05, 4.69) is 15.3 Å². The standard InChI is InChI=1S/C18H31N5O2/c1-21(2)16(15-11-20-22(3)13-15)12-19-18(24)23-8-6-14(7-9-23)17-5-4-10-25-17/h11,13-14,16-17H,4-10,12H2,1-3H3,(H,19,24). The molecule has 7 nitrogen and oxygen atoms in total. The summed E-state index contributed by atoms with van der Waals surface area (Å²) < 4.78 is 7.61. The number of rotatable bonds is 5. The molecule has 2 saturated heterocycles. The van der Waals surface area contributed by atoms with Gasteiger partial charge in [0.2, 0.25) is 0 Å². The lowest BCUT2D eigenvalue weighted by atomic mass is 9.90. The molecule has 1 aromatic heterocycles. The van der Waals surface area contributed by atoms with Gasteiger partial charge < -0.3 is 19.9 Å². The Bertz CT molecular complexity index is 560. The van der Waals surface area contributed by atoms with Crippen molar-refractivity contribution in [1.82, 2.24) is 24.9 Å². The number of nitrogens with zero attached hydrogens (tertiary/aromatic N) is 4. The summed E-state index contributed by atoms with van der Waals surface area (Å²) in [6, 6.07) is 0.170. The highest BCUT2D eigenvalue weighted by Crippen LogP contribution is 2.28. The highest BCUT2D eigenvalue weighted by molar-refractivity contribution is 5.74. The van der Waals surface area contributed by atoms with E-state index in [0.717, 1.165) is 38.1 Å². The molecule has 0 bridgehead atoms. The van der Waals surface area contributed by atoms with Crippen LogP contribution in [0.4, 0.5) is 4.79 Å². The lowest BCUT2D eigenvalue weighted by molar-refractivity contribution is 0.0371. The van der Waals surface area contributed by atoms with Gasteiger partial charge in [-0.25, -0.2) is 4.79 Å². The van der Waals surface area contributed by atoms with Crippen molar-refractivity contribution in [3.63, 3.8) is 0 Å². The number of piperidine rings is 1. The zero-order valence-electron chi connectivity index (χ0n) is 15.6. The van der Waals surface area contributed by atoms with Crippen LogP contribution < -0.4 is 5.32 Å². The van der Waals surface area contributed by atoms with Crippen molar-refractivity contribution in [2.24, 2.45) is 13.0 Å². The Morgan fingerprint density at radius 1 is 1.40 bits per heavy atom. The van der Waals surface area contributed by atoms with Crippen LogP contribution in [-0.4, -0.2) is 72.1 Å². The van der Waals surface area contributed by atoms with E-state index in [1.54, 1.807) is 4.68 Å². The second kappa shape index (κ2) is 8.19. The van der Waals surface area contributed by atoms with Crippen molar-refractivity contribution in [3.8, 4) is 0 Å². The van der Waals surface area contributed by atoms with E-state index in [4.69, 9.17) is 4.74 Å². The molecule has 2 fully saturated rings. The van der Waals surface area contributed by atoms with Crippen LogP contribution in [0.25, 0.3) is 0 Å². The minimum atomic E-state index is 0.0431. The minimum absolute atomic E-state index is 0.0431. The molecule has 2 atom stereocenters. The van der Waals surface area contributed by atoms with Crippen molar-refractivity contribution in [1.29, 1.82) is 0 Å². The number of likely N-dealkylation sites (tertiary alicyclic amines) is 1. The summed E-state index contributed by atoms with van der Waals surface area (Å²) in [6.45, 7) is 3.15. The number of amides is 2. The molecular weight excluding hydrogens is 318 g/mol. The van der Waals surface area contributed by atoms with E-state index in [-0.39, 0.29) is 12.1 Å². The molecule has 140 valence electrons. The van der Waals surface area contributed by atoms with Crippen LogP contribution in [0.2, 0.25) is 0 Å². The van der Waals surface area contributed by atoms with Crippen LogP contribution in [-0.2, 0) is 11.8 Å². The van der Waals surface area contributed by atoms with Gasteiger partial charge in [-0.15, -0.1) is 0 Å². The molecule has 2 amide bonds. The first-order valence-electron chi connectivity index (χ1n) is 9.34. The number of aromatic nitrogens is 2. The SMILES string of the molecule is CN(C)C(CNC(=O)N1CCC(C2CCCO2)CC1)c1cnn(C)c1. The first-order chi connectivity index (χ1) is 12.0. The maximum Gasteiger partial charge on any atom is 0.317 e. The summed E-state index contributed by atoms with van der Waals surface area (Å²) in [5, 5.41) is 7.34. The molecule has 0 saturated carbocycles. The molecule has 0 radical (unpaired) electrons. The predicted octanol–water partition coefficient (Wildman–Crippen LogP) is 1.62. The van der Waals surface area contributed by atoms with Crippen LogP contribution >= 0.6 is 0 Å². The Kier molecular flexibility index (Phi) is 5.96. The van der Waals surface area contributed by atoms with Crippen molar-refractivity contribution < 1.29 is 9.53 Å². The zero-order valence-corrected chi connectivity index (χ0v) is 15.6. The summed E-state index contributed by atoms with van der Waals surface area (Å²) in [7, 11) is 5.96. The number of carbonyl (C=O) groups is 1. The van der Waals surface area contributed by atoms with E-state index in [0.29, 0.717) is 18.6 Å². The van der Waals surface area contributed by atoms with Gasteiger partial charge in [-0.1, -0.05) is 0 Å². The predicted molar refractivity (Wildman–Crippen MR) is 96.3 cm³/mol. The molecule has 7 heteroatoms. The smallest absolute Gasteiger partial charge is 0.317 e. The highest BCUT2D eigenvalue weighted by Gasteiger charge is 2.31. The van der Waals surface area contributed by atoms with Crippen LogP contribution in [0.1, 0.15) is 37.3 Å². The Hall–Kier alpha value is -1.60. The van der Waals surface area contributed by atoms with Gasteiger partial charge in [-0.05, 0) is 45.7 Å². The van der Waals surface area contributed by atoms with Gasteiger partial charge >= 0.3 is 6.03 Å². The fourth-order valence-corrected chi connectivity index (χ4v) is 3.96. The van der Waals surface area contributed by atoms with Crippen molar-refractivity contribution >= 4 is 6.03 Å². The van der Waals surface area contributed by atoms with E-state index in [1.807, 2.05) is 38.4 Å². The fourth-order valence-electron chi connectivity index (χ4n) is 3.96. The summed E-state index contributed by atoms with van der Waals surface area (Å²) >= 11 is 0.